The Kier molecular flexibility index (Phi) is 9.98. The van der Waals surface area contributed by atoms with E-state index in [-0.39, 0.29) is 0 Å². The highest BCUT2D eigenvalue weighted by atomic mass is 14.1. The van der Waals surface area contributed by atoms with Gasteiger partial charge in [-0.25, -0.2) is 0 Å². The minimum atomic E-state index is 0.915. The molecule has 0 bridgehead atoms. The maximum absolute atomic E-state index is 4.44. The molecule has 0 saturated carbocycles. The van der Waals surface area contributed by atoms with E-state index in [1.165, 1.54) is 16.7 Å². The van der Waals surface area contributed by atoms with Crippen LogP contribution in [0, 0.1) is 13.8 Å². The van der Waals surface area contributed by atoms with E-state index in [0.717, 1.165) is 49.7 Å². The second-order valence-electron chi connectivity index (χ2n) is 10.8. The van der Waals surface area contributed by atoms with Gasteiger partial charge in [-0.15, -0.1) is 0 Å². The van der Waals surface area contributed by atoms with Crippen LogP contribution in [0.15, 0.2) is 183 Å². The number of allylic oxidation sites excluding steroid dienone is 4. The molecule has 0 spiro atoms. The summed E-state index contributed by atoms with van der Waals surface area (Å²) in [6.45, 7) is 12.6. The van der Waals surface area contributed by atoms with Crippen LogP contribution in [-0.4, -0.2) is 0 Å². The molecule has 44 heavy (non-hydrogen) atoms. The number of fused-ring (bicyclic) bond motifs is 1. The molecule has 0 aromatic heterocycles. The van der Waals surface area contributed by atoms with Crippen LogP contribution in [0.1, 0.15) is 16.7 Å². The maximum Gasteiger partial charge on any atom is -0.00990 e. The largest absolute Gasteiger partial charge is 0.0991 e. The molecule has 5 rings (SSSR count). The molecule has 0 aliphatic carbocycles. The average Bonchev–Trinajstić information content (AvgIpc) is 3.08. The van der Waals surface area contributed by atoms with E-state index in [9.17, 15) is 0 Å². The molecule has 5 aromatic rings. The van der Waals surface area contributed by atoms with E-state index in [0.29, 0.717) is 0 Å². The zero-order chi connectivity index (χ0) is 30.7. The predicted molar refractivity (Wildman–Crippen MR) is 193 cm³/mol. The van der Waals surface area contributed by atoms with Gasteiger partial charge >= 0.3 is 0 Å². The van der Waals surface area contributed by atoms with Crippen molar-refractivity contribution in [1.29, 1.82) is 0 Å². The molecule has 0 N–H and O–H groups in total. The zero-order valence-corrected chi connectivity index (χ0v) is 25.6. The van der Waals surface area contributed by atoms with Crippen LogP contribution in [0.4, 0.5) is 0 Å². The molecule has 0 amide bonds. The smallest absolute Gasteiger partial charge is 0.00990 e. The van der Waals surface area contributed by atoms with Crippen molar-refractivity contribution in [3.05, 3.63) is 200 Å². The highest BCUT2D eigenvalue weighted by Crippen LogP contribution is 2.35. The second kappa shape index (κ2) is 14.6. The minimum Gasteiger partial charge on any atom is -0.0991 e. The molecule has 0 nitrogen and oxygen atoms in total. The van der Waals surface area contributed by atoms with Gasteiger partial charge in [-0.05, 0) is 92.4 Å². The molecule has 0 unspecified atom stereocenters. The van der Waals surface area contributed by atoms with Crippen LogP contribution >= 0.6 is 0 Å². The fourth-order valence-corrected chi connectivity index (χ4v) is 5.21. The van der Waals surface area contributed by atoms with Crippen molar-refractivity contribution in [3.63, 3.8) is 0 Å². The Morgan fingerprint density at radius 2 is 0.932 bits per heavy atom. The molecule has 214 valence electrons. The minimum absolute atomic E-state index is 0.915. The van der Waals surface area contributed by atoms with Crippen LogP contribution < -0.4 is 0 Å². The fourth-order valence-electron chi connectivity index (χ4n) is 5.21. The van der Waals surface area contributed by atoms with Gasteiger partial charge in [-0.2, -0.15) is 0 Å². The molecule has 0 heterocycles. The van der Waals surface area contributed by atoms with Gasteiger partial charge in [0, 0.05) is 0 Å². The van der Waals surface area contributed by atoms with Crippen molar-refractivity contribution in [1.82, 2.24) is 0 Å². The van der Waals surface area contributed by atoms with E-state index in [1.807, 2.05) is 12.2 Å². The number of hydrogen-bond acceptors (Lipinski definition) is 0. The van der Waals surface area contributed by atoms with Crippen molar-refractivity contribution in [2.24, 2.45) is 0 Å². The van der Waals surface area contributed by atoms with E-state index < -0.39 is 0 Å². The lowest BCUT2D eigenvalue weighted by atomic mass is 9.93. The summed E-state index contributed by atoms with van der Waals surface area (Å²) in [5, 5.41) is 2.31. The van der Waals surface area contributed by atoms with Crippen molar-refractivity contribution in [2.45, 2.75) is 13.8 Å². The lowest BCUT2D eigenvalue weighted by molar-refractivity contribution is 1.36. The normalized spacial score (nSPS) is 10.6. The number of rotatable bonds is 6. The van der Waals surface area contributed by atoms with Gasteiger partial charge in [-0.3, -0.25) is 0 Å². The van der Waals surface area contributed by atoms with Crippen LogP contribution in [0.5, 0.6) is 0 Å². The standard InChI is InChI=1S/C44H38/c1-5-6-18-35(4)39-29-27-33(2)34(3)28-30-40(36-19-10-7-11-20-36)32-44(38-23-14-9-15-24-38)42-26-17-16-25-41(42)43(31-39)37-21-12-8-13-22-37/h5-32H,1,4H2,2-3H3/b18-6-,29-27?,30-28?,33-27?,34-28?,34-33?,39-29?,39-31?,40-30?,40-32?,43-31?,43-41?,44-32?,44-42?. The molecule has 0 radical (unpaired) electrons. The molecule has 0 atom stereocenters. The summed E-state index contributed by atoms with van der Waals surface area (Å²) >= 11 is 0. The Morgan fingerprint density at radius 1 is 0.477 bits per heavy atom. The summed E-state index contributed by atoms with van der Waals surface area (Å²) in [4.78, 5) is 0. The Balaban J connectivity index is 2.07. The first-order chi connectivity index (χ1) is 21.5. The lowest BCUT2D eigenvalue weighted by Gasteiger charge is -2.11. The first kappa shape index (κ1) is 30.0. The maximum atomic E-state index is 4.44. The summed E-state index contributed by atoms with van der Waals surface area (Å²) in [5.74, 6) is 0. The number of aryl methyl sites for hydroxylation is 2. The van der Waals surface area contributed by atoms with Crippen LogP contribution in [-0.2, 0) is 0 Å². The van der Waals surface area contributed by atoms with Gasteiger partial charge in [0.15, 0.2) is 0 Å². The SMILES string of the molecule is C=C/C=C\C(=C)c1ccc(C)c(C)ccc(-c2ccccc2)cc(-c2ccccc2)c2ccccc2c(-c2ccccc2)c1. The first-order valence-electron chi connectivity index (χ1n) is 15.0. The summed E-state index contributed by atoms with van der Waals surface area (Å²) in [6, 6.07) is 54.1. The molecule has 0 heteroatoms. The molecule has 0 fully saturated rings. The van der Waals surface area contributed by atoms with E-state index in [2.05, 4.69) is 179 Å². The number of hydrogen-bond donors (Lipinski definition) is 0. The molecule has 0 aliphatic heterocycles. The van der Waals surface area contributed by atoms with Gasteiger partial charge < -0.3 is 0 Å². The zero-order valence-electron chi connectivity index (χ0n) is 25.6. The number of benzene rings is 4. The fraction of sp³-hybridized carbons (Fsp3) is 0.0455. The Hall–Kier alpha value is -5.46. The van der Waals surface area contributed by atoms with E-state index in [4.69, 9.17) is 0 Å². The Bertz CT molecular complexity index is 1930. The van der Waals surface area contributed by atoms with Gasteiger partial charge in [0.2, 0.25) is 0 Å². The van der Waals surface area contributed by atoms with Gasteiger partial charge in [-0.1, -0.05) is 171 Å². The van der Waals surface area contributed by atoms with Crippen molar-refractivity contribution in [3.8, 4) is 33.4 Å². The summed E-state index contributed by atoms with van der Waals surface area (Å²) in [7, 11) is 0. The van der Waals surface area contributed by atoms with Crippen LogP contribution in [0.3, 0.4) is 0 Å². The van der Waals surface area contributed by atoms with Crippen molar-refractivity contribution in [2.75, 3.05) is 0 Å². The second-order valence-corrected chi connectivity index (χ2v) is 10.8. The molecular formula is C44H38. The molecular weight excluding hydrogens is 528 g/mol. The Labute approximate surface area is 262 Å². The van der Waals surface area contributed by atoms with Gasteiger partial charge in [0.05, 0.1) is 0 Å². The molecule has 5 aromatic carbocycles. The molecule has 0 aliphatic rings. The quantitative estimate of drug-likeness (QED) is 0.179. The van der Waals surface area contributed by atoms with Gasteiger partial charge in [0.25, 0.3) is 0 Å². The van der Waals surface area contributed by atoms with Crippen LogP contribution in [0.2, 0.25) is 0 Å². The highest BCUT2D eigenvalue weighted by Gasteiger charge is 2.09. The summed E-state index contributed by atoms with van der Waals surface area (Å²) in [6.07, 6.45) is 5.74. The Morgan fingerprint density at radius 3 is 1.45 bits per heavy atom. The van der Waals surface area contributed by atoms with Crippen LogP contribution in [0.25, 0.3) is 49.7 Å². The summed E-state index contributed by atoms with van der Waals surface area (Å²) in [5.41, 5.74) is 11.2. The van der Waals surface area contributed by atoms with Crippen molar-refractivity contribution < 1.29 is 0 Å². The third kappa shape index (κ3) is 7.30. The summed E-state index contributed by atoms with van der Waals surface area (Å²) < 4.78 is 0. The van der Waals surface area contributed by atoms with Gasteiger partial charge in [0.1, 0.15) is 0 Å². The van der Waals surface area contributed by atoms with Crippen molar-refractivity contribution >= 4 is 16.3 Å². The topological polar surface area (TPSA) is 0 Å². The molecule has 0 saturated heterocycles. The first-order valence-corrected chi connectivity index (χ1v) is 15.0. The van der Waals surface area contributed by atoms with E-state index >= 15 is 0 Å². The lowest BCUT2D eigenvalue weighted by Crippen LogP contribution is -1.86. The predicted octanol–water partition coefficient (Wildman–Crippen LogP) is 12.5. The third-order valence-corrected chi connectivity index (χ3v) is 7.84. The third-order valence-electron chi connectivity index (χ3n) is 7.84. The monoisotopic (exact) mass is 566 g/mol. The average molecular weight is 567 g/mol. The highest BCUT2D eigenvalue weighted by molar-refractivity contribution is 6.04. The van der Waals surface area contributed by atoms with E-state index in [1.54, 1.807) is 6.08 Å².